The van der Waals surface area contributed by atoms with Gasteiger partial charge in [0, 0.05) is 17.8 Å². The van der Waals surface area contributed by atoms with Crippen LogP contribution in [0.15, 0.2) is 66.7 Å². The number of carbonyl (C=O) groups is 4. The van der Waals surface area contributed by atoms with Crippen LogP contribution in [0.5, 0.6) is 5.75 Å². The number of benzene rings is 3. The van der Waals surface area contributed by atoms with E-state index in [1.165, 1.54) is 4.90 Å². The summed E-state index contributed by atoms with van der Waals surface area (Å²) in [6.07, 6.45) is 0.819. The molecule has 1 aliphatic rings. The zero-order valence-electron chi connectivity index (χ0n) is 20.2. The first kappa shape index (κ1) is 24.7. The van der Waals surface area contributed by atoms with E-state index in [1.807, 2.05) is 13.8 Å². The van der Waals surface area contributed by atoms with Gasteiger partial charge in [0.15, 0.2) is 0 Å². The summed E-state index contributed by atoms with van der Waals surface area (Å²) in [5.74, 6) is -1.01. The minimum atomic E-state index is -0.436. The maximum absolute atomic E-state index is 13.2. The van der Waals surface area contributed by atoms with Gasteiger partial charge in [-0.15, -0.1) is 0 Å². The van der Waals surface area contributed by atoms with E-state index in [2.05, 4.69) is 10.6 Å². The first-order chi connectivity index (χ1) is 17.4. The molecular weight excluding hydrogens is 458 g/mol. The third-order valence-corrected chi connectivity index (χ3v) is 5.73. The summed E-state index contributed by atoms with van der Waals surface area (Å²) in [7, 11) is 0. The van der Waals surface area contributed by atoms with Crippen molar-refractivity contribution in [3.63, 3.8) is 0 Å². The normalized spacial score (nSPS) is 12.3. The topological polar surface area (TPSA) is 105 Å². The fourth-order valence-electron chi connectivity index (χ4n) is 3.98. The Labute approximate surface area is 209 Å². The second kappa shape index (κ2) is 10.9. The molecule has 0 aliphatic carbocycles. The van der Waals surface area contributed by atoms with E-state index in [4.69, 9.17) is 4.74 Å². The zero-order chi connectivity index (χ0) is 25.7. The molecule has 3 aromatic rings. The number of nitrogens with one attached hydrogen (secondary N) is 2. The van der Waals surface area contributed by atoms with Crippen molar-refractivity contribution in [3.8, 4) is 5.75 Å². The van der Waals surface area contributed by atoms with Crippen LogP contribution in [-0.4, -0.2) is 41.7 Å². The maximum atomic E-state index is 13.2. The van der Waals surface area contributed by atoms with Gasteiger partial charge in [-0.05, 0) is 61.4 Å². The van der Waals surface area contributed by atoms with Crippen LogP contribution >= 0.6 is 0 Å². The number of rotatable bonds is 9. The van der Waals surface area contributed by atoms with E-state index < -0.39 is 5.91 Å². The van der Waals surface area contributed by atoms with Gasteiger partial charge in [0.2, 0.25) is 0 Å². The smallest absolute Gasteiger partial charge is 0.261 e. The van der Waals surface area contributed by atoms with E-state index in [0.717, 1.165) is 6.42 Å². The molecule has 0 aromatic heterocycles. The lowest BCUT2D eigenvalue weighted by atomic mass is 10.1. The van der Waals surface area contributed by atoms with Crippen molar-refractivity contribution >= 4 is 29.3 Å². The van der Waals surface area contributed by atoms with Crippen molar-refractivity contribution in [3.05, 3.63) is 94.5 Å². The summed E-state index contributed by atoms with van der Waals surface area (Å²) in [4.78, 5) is 52.2. The Kier molecular flexibility index (Phi) is 7.44. The van der Waals surface area contributed by atoms with Crippen LogP contribution in [0.25, 0.3) is 0 Å². The Morgan fingerprint density at radius 3 is 2.25 bits per heavy atom. The van der Waals surface area contributed by atoms with E-state index in [1.54, 1.807) is 66.7 Å². The summed E-state index contributed by atoms with van der Waals surface area (Å²) < 4.78 is 5.65. The van der Waals surface area contributed by atoms with Crippen LogP contribution in [0.1, 0.15) is 67.3 Å². The minimum absolute atomic E-state index is 0.0200. The lowest BCUT2D eigenvalue weighted by Crippen LogP contribution is -2.29. The van der Waals surface area contributed by atoms with E-state index in [-0.39, 0.29) is 29.8 Å². The number of nitrogens with zero attached hydrogens (tertiary/aromatic N) is 1. The summed E-state index contributed by atoms with van der Waals surface area (Å²) in [6.45, 7) is 4.71. The molecule has 0 radical (unpaired) electrons. The highest BCUT2D eigenvalue weighted by molar-refractivity contribution is 6.21. The lowest BCUT2D eigenvalue weighted by molar-refractivity contribution is 0.0642. The van der Waals surface area contributed by atoms with Gasteiger partial charge in [0.25, 0.3) is 23.6 Å². The third-order valence-electron chi connectivity index (χ3n) is 5.73. The first-order valence-corrected chi connectivity index (χ1v) is 11.8. The lowest BCUT2D eigenvalue weighted by Gasteiger charge is -2.16. The molecular formula is C28H27N3O5. The van der Waals surface area contributed by atoms with Crippen LogP contribution in [0, 0.1) is 0 Å². The monoisotopic (exact) mass is 485 g/mol. The van der Waals surface area contributed by atoms with Crippen molar-refractivity contribution in [2.45, 2.75) is 26.8 Å². The molecule has 0 bridgehead atoms. The number of imide groups is 1. The largest absolute Gasteiger partial charge is 0.493 e. The number of amides is 4. The molecule has 8 nitrogen and oxygen atoms in total. The molecule has 0 saturated carbocycles. The summed E-state index contributed by atoms with van der Waals surface area (Å²) >= 11 is 0. The fraction of sp³-hybridized carbons (Fsp3) is 0.214. The van der Waals surface area contributed by atoms with Crippen LogP contribution in [0.4, 0.5) is 5.69 Å². The number of fused-ring (bicyclic) bond motifs is 1. The van der Waals surface area contributed by atoms with Crippen molar-refractivity contribution in [2.24, 2.45) is 0 Å². The van der Waals surface area contributed by atoms with E-state index in [9.17, 15) is 19.2 Å². The van der Waals surface area contributed by atoms with Crippen molar-refractivity contribution in [1.29, 1.82) is 0 Å². The molecule has 0 saturated heterocycles. The predicted molar refractivity (Wildman–Crippen MR) is 135 cm³/mol. The molecule has 0 spiro atoms. The highest BCUT2D eigenvalue weighted by Gasteiger charge is 2.35. The number of hydrogen-bond donors (Lipinski definition) is 2. The highest BCUT2D eigenvalue weighted by atomic mass is 16.5. The van der Waals surface area contributed by atoms with Gasteiger partial charge < -0.3 is 15.4 Å². The second-order valence-electron chi connectivity index (χ2n) is 8.30. The predicted octanol–water partition coefficient (Wildman–Crippen LogP) is 4.27. The van der Waals surface area contributed by atoms with Gasteiger partial charge in [-0.25, -0.2) is 0 Å². The Balaban J connectivity index is 1.56. The molecule has 2 N–H and O–H groups in total. The summed E-state index contributed by atoms with van der Waals surface area (Å²) in [5, 5.41) is 5.63. The SMILES string of the molecule is CCCNC(=O)c1cccc(NC(=O)c2cc(CN3C(=O)c4ccccc4C3=O)ccc2OCC)c1. The van der Waals surface area contributed by atoms with Crippen LogP contribution in [0.2, 0.25) is 0 Å². The Hall–Kier alpha value is -4.46. The fourth-order valence-corrected chi connectivity index (χ4v) is 3.98. The van der Waals surface area contributed by atoms with Gasteiger partial charge in [0.1, 0.15) is 5.75 Å². The number of carbonyl (C=O) groups excluding carboxylic acids is 4. The number of hydrogen-bond acceptors (Lipinski definition) is 5. The quantitative estimate of drug-likeness (QED) is 0.441. The van der Waals surface area contributed by atoms with Crippen LogP contribution < -0.4 is 15.4 Å². The molecule has 4 rings (SSSR count). The van der Waals surface area contributed by atoms with Crippen LogP contribution in [0.3, 0.4) is 0 Å². The second-order valence-corrected chi connectivity index (χ2v) is 8.30. The van der Waals surface area contributed by atoms with Gasteiger partial charge in [0.05, 0.1) is 29.8 Å². The summed E-state index contributed by atoms with van der Waals surface area (Å²) in [6, 6.07) is 18.3. The molecule has 0 unspecified atom stereocenters. The molecule has 8 heteroatoms. The third kappa shape index (κ3) is 5.12. The van der Waals surface area contributed by atoms with Crippen molar-refractivity contribution in [2.75, 3.05) is 18.5 Å². The molecule has 1 aliphatic heterocycles. The molecule has 184 valence electrons. The minimum Gasteiger partial charge on any atom is -0.493 e. The highest BCUT2D eigenvalue weighted by Crippen LogP contribution is 2.27. The summed E-state index contributed by atoms with van der Waals surface area (Å²) in [5.41, 5.74) is 2.49. The van der Waals surface area contributed by atoms with Gasteiger partial charge in [-0.1, -0.05) is 31.2 Å². The van der Waals surface area contributed by atoms with E-state index in [0.29, 0.717) is 46.8 Å². The zero-order valence-corrected chi connectivity index (χ0v) is 20.2. The first-order valence-electron chi connectivity index (χ1n) is 11.8. The average molecular weight is 486 g/mol. The molecule has 0 fully saturated rings. The van der Waals surface area contributed by atoms with Gasteiger partial charge in [-0.2, -0.15) is 0 Å². The van der Waals surface area contributed by atoms with Gasteiger partial charge >= 0.3 is 0 Å². The average Bonchev–Trinajstić information content (AvgIpc) is 3.13. The molecule has 3 aromatic carbocycles. The molecule has 1 heterocycles. The number of anilines is 1. The molecule has 0 atom stereocenters. The van der Waals surface area contributed by atoms with Crippen LogP contribution in [-0.2, 0) is 6.54 Å². The molecule has 36 heavy (non-hydrogen) atoms. The molecule has 4 amide bonds. The Morgan fingerprint density at radius 2 is 1.58 bits per heavy atom. The number of ether oxygens (including phenoxy) is 1. The standard InChI is InChI=1S/C28H27N3O5/c1-3-14-29-25(32)19-8-7-9-20(16-19)30-26(33)23-15-18(12-13-24(23)36-4-2)17-31-27(34)21-10-5-6-11-22(21)28(31)35/h5-13,15-16H,3-4,14,17H2,1-2H3,(H,29,32)(H,30,33). The maximum Gasteiger partial charge on any atom is 0.261 e. The van der Waals surface area contributed by atoms with E-state index >= 15 is 0 Å². The Morgan fingerprint density at radius 1 is 0.861 bits per heavy atom. The van der Waals surface area contributed by atoms with Crippen molar-refractivity contribution < 1.29 is 23.9 Å². The Bertz CT molecular complexity index is 1300. The van der Waals surface area contributed by atoms with Crippen molar-refractivity contribution in [1.82, 2.24) is 10.2 Å². The van der Waals surface area contributed by atoms with Gasteiger partial charge in [-0.3, -0.25) is 24.1 Å².